The number of hydrogen-bond acceptors (Lipinski definition) is 3. The van der Waals surface area contributed by atoms with Gasteiger partial charge >= 0.3 is 0 Å². The van der Waals surface area contributed by atoms with Crippen LogP contribution in [0.25, 0.3) is 0 Å². The molecule has 1 aliphatic heterocycles. The summed E-state index contributed by atoms with van der Waals surface area (Å²) in [5.41, 5.74) is 1.21. The van der Waals surface area contributed by atoms with E-state index >= 15 is 0 Å². The van der Waals surface area contributed by atoms with Crippen molar-refractivity contribution in [3.05, 3.63) is 28.2 Å². The fourth-order valence-electron chi connectivity index (χ4n) is 2.48. The zero-order chi connectivity index (χ0) is 14.4. The van der Waals surface area contributed by atoms with Gasteiger partial charge in [0, 0.05) is 29.7 Å². The van der Waals surface area contributed by atoms with Crippen LogP contribution >= 0.6 is 15.9 Å². The Morgan fingerprint density at radius 2 is 2.30 bits per heavy atom. The molecule has 1 aromatic carbocycles. The summed E-state index contributed by atoms with van der Waals surface area (Å²) in [5.74, 6) is 1.61. The van der Waals surface area contributed by atoms with Gasteiger partial charge in [0.05, 0.1) is 12.7 Å². The van der Waals surface area contributed by atoms with E-state index in [4.69, 9.17) is 9.47 Å². The van der Waals surface area contributed by atoms with E-state index in [2.05, 4.69) is 41.2 Å². The lowest BCUT2D eigenvalue weighted by Gasteiger charge is -2.16. The van der Waals surface area contributed by atoms with Gasteiger partial charge in [0.25, 0.3) is 0 Å². The van der Waals surface area contributed by atoms with Crippen LogP contribution in [0, 0.1) is 5.92 Å². The van der Waals surface area contributed by atoms with Gasteiger partial charge in [-0.15, -0.1) is 0 Å². The summed E-state index contributed by atoms with van der Waals surface area (Å²) < 4.78 is 12.5. The molecule has 3 nitrogen and oxygen atoms in total. The Balaban J connectivity index is 1.88. The van der Waals surface area contributed by atoms with Crippen LogP contribution in [0.4, 0.5) is 0 Å². The molecule has 0 radical (unpaired) electrons. The molecule has 1 fully saturated rings. The maximum atomic E-state index is 5.80. The predicted molar refractivity (Wildman–Crippen MR) is 85.2 cm³/mol. The number of halogens is 1. The Morgan fingerprint density at radius 3 is 3.00 bits per heavy atom. The van der Waals surface area contributed by atoms with Crippen LogP contribution < -0.4 is 10.1 Å². The van der Waals surface area contributed by atoms with Crippen LogP contribution in [0.2, 0.25) is 0 Å². The van der Waals surface area contributed by atoms with Crippen molar-refractivity contribution in [2.45, 2.75) is 39.3 Å². The van der Waals surface area contributed by atoms with Crippen molar-refractivity contribution in [1.29, 1.82) is 0 Å². The lowest BCUT2D eigenvalue weighted by atomic mass is 10.0. The summed E-state index contributed by atoms with van der Waals surface area (Å²) in [6, 6.07) is 6.20. The lowest BCUT2D eigenvalue weighted by molar-refractivity contribution is 0.105. The van der Waals surface area contributed by atoms with E-state index < -0.39 is 0 Å². The first-order valence-electron chi connectivity index (χ1n) is 7.44. The van der Waals surface area contributed by atoms with E-state index in [1.807, 2.05) is 12.1 Å². The first kappa shape index (κ1) is 15.8. The molecule has 1 aliphatic rings. The van der Waals surface area contributed by atoms with Crippen molar-refractivity contribution in [2.24, 2.45) is 5.92 Å². The molecule has 0 amide bonds. The maximum absolute atomic E-state index is 5.80. The molecule has 0 saturated carbocycles. The van der Waals surface area contributed by atoms with Crippen LogP contribution in [0.15, 0.2) is 22.7 Å². The van der Waals surface area contributed by atoms with Gasteiger partial charge in [0.2, 0.25) is 0 Å². The maximum Gasteiger partial charge on any atom is 0.123 e. The molecule has 1 aromatic rings. The number of hydrogen-bond donors (Lipinski definition) is 1. The minimum absolute atomic E-state index is 0.376. The van der Waals surface area contributed by atoms with Crippen molar-refractivity contribution in [3.8, 4) is 5.75 Å². The number of benzene rings is 1. The quantitative estimate of drug-likeness (QED) is 0.819. The van der Waals surface area contributed by atoms with Crippen molar-refractivity contribution in [1.82, 2.24) is 5.32 Å². The third kappa shape index (κ3) is 4.47. The standard InChI is InChI=1S/C16H24BrNO2/c1-3-7-20-16-5-4-15(17)9-14(16)11-18-10-13-6-8-19-12(13)2/h4-5,9,12-13,18H,3,6-8,10-11H2,1-2H3. The van der Waals surface area contributed by atoms with Gasteiger partial charge in [-0.3, -0.25) is 0 Å². The molecule has 1 N–H and O–H groups in total. The van der Waals surface area contributed by atoms with E-state index in [9.17, 15) is 0 Å². The fraction of sp³-hybridized carbons (Fsp3) is 0.625. The molecule has 0 spiro atoms. The zero-order valence-corrected chi connectivity index (χ0v) is 13.9. The van der Waals surface area contributed by atoms with Crippen molar-refractivity contribution >= 4 is 15.9 Å². The highest BCUT2D eigenvalue weighted by Gasteiger charge is 2.23. The molecule has 0 bridgehead atoms. The molecule has 0 aromatic heterocycles. The molecule has 112 valence electrons. The normalized spacial score (nSPS) is 22.1. The summed E-state index contributed by atoms with van der Waals surface area (Å²) in [6.07, 6.45) is 2.56. The van der Waals surface area contributed by atoms with Crippen LogP contribution in [0.5, 0.6) is 5.75 Å². The van der Waals surface area contributed by atoms with Gasteiger partial charge in [-0.1, -0.05) is 22.9 Å². The lowest BCUT2D eigenvalue weighted by Crippen LogP contribution is -2.26. The van der Waals surface area contributed by atoms with Crippen LogP contribution in [-0.4, -0.2) is 25.9 Å². The SMILES string of the molecule is CCCOc1ccc(Br)cc1CNCC1CCOC1C. The highest BCUT2D eigenvalue weighted by atomic mass is 79.9. The Kier molecular flexibility index (Phi) is 6.33. The average molecular weight is 342 g/mol. The molecule has 20 heavy (non-hydrogen) atoms. The molecule has 0 aliphatic carbocycles. The third-order valence-corrected chi connectivity index (χ3v) is 4.23. The van der Waals surface area contributed by atoms with Crippen molar-refractivity contribution in [2.75, 3.05) is 19.8 Å². The van der Waals surface area contributed by atoms with E-state index in [0.717, 1.165) is 49.4 Å². The predicted octanol–water partition coefficient (Wildman–Crippen LogP) is 3.75. The van der Waals surface area contributed by atoms with E-state index in [1.54, 1.807) is 0 Å². The first-order chi connectivity index (χ1) is 9.70. The smallest absolute Gasteiger partial charge is 0.123 e. The van der Waals surface area contributed by atoms with Crippen molar-refractivity contribution < 1.29 is 9.47 Å². The summed E-state index contributed by atoms with van der Waals surface area (Å²) >= 11 is 3.53. The number of ether oxygens (including phenoxy) is 2. The minimum Gasteiger partial charge on any atom is -0.493 e. The van der Waals surface area contributed by atoms with Crippen LogP contribution in [-0.2, 0) is 11.3 Å². The molecule has 2 atom stereocenters. The van der Waals surface area contributed by atoms with Crippen LogP contribution in [0.3, 0.4) is 0 Å². The molecule has 4 heteroatoms. The van der Waals surface area contributed by atoms with Gasteiger partial charge in [-0.2, -0.15) is 0 Å². The fourth-order valence-corrected chi connectivity index (χ4v) is 2.88. The molecule has 1 heterocycles. The largest absolute Gasteiger partial charge is 0.493 e. The average Bonchev–Trinajstić information content (AvgIpc) is 2.84. The Bertz CT molecular complexity index is 425. The van der Waals surface area contributed by atoms with Gasteiger partial charge in [-0.25, -0.2) is 0 Å². The van der Waals surface area contributed by atoms with E-state index in [0.29, 0.717) is 12.0 Å². The Hall–Kier alpha value is -0.580. The second-order valence-corrected chi connectivity index (χ2v) is 6.27. The third-order valence-electron chi connectivity index (χ3n) is 3.74. The Morgan fingerprint density at radius 1 is 1.45 bits per heavy atom. The van der Waals surface area contributed by atoms with Crippen molar-refractivity contribution in [3.63, 3.8) is 0 Å². The molecular formula is C16H24BrNO2. The monoisotopic (exact) mass is 341 g/mol. The first-order valence-corrected chi connectivity index (χ1v) is 8.23. The Labute approximate surface area is 130 Å². The van der Waals surface area contributed by atoms with Gasteiger partial charge in [0.1, 0.15) is 5.75 Å². The number of nitrogens with one attached hydrogen (secondary N) is 1. The summed E-state index contributed by atoms with van der Waals surface area (Å²) in [7, 11) is 0. The molecule has 2 unspecified atom stereocenters. The second kappa shape index (κ2) is 8.01. The van der Waals surface area contributed by atoms with Gasteiger partial charge < -0.3 is 14.8 Å². The molecule has 1 saturated heterocycles. The highest BCUT2D eigenvalue weighted by molar-refractivity contribution is 9.10. The van der Waals surface area contributed by atoms with Crippen LogP contribution in [0.1, 0.15) is 32.3 Å². The summed E-state index contributed by atoms with van der Waals surface area (Å²) in [4.78, 5) is 0. The highest BCUT2D eigenvalue weighted by Crippen LogP contribution is 2.24. The zero-order valence-electron chi connectivity index (χ0n) is 12.3. The summed E-state index contributed by atoms with van der Waals surface area (Å²) in [5, 5.41) is 3.54. The van der Waals surface area contributed by atoms with E-state index in [-0.39, 0.29) is 0 Å². The topological polar surface area (TPSA) is 30.5 Å². The second-order valence-electron chi connectivity index (χ2n) is 5.36. The van der Waals surface area contributed by atoms with Gasteiger partial charge in [-0.05, 0) is 43.9 Å². The van der Waals surface area contributed by atoms with Gasteiger partial charge in [0.15, 0.2) is 0 Å². The molecule has 2 rings (SSSR count). The summed E-state index contributed by atoms with van der Waals surface area (Å²) in [6.45, 7) is 7.78. The molecular weight excluding hydrogens is 318 g/mol. The number of rotatable bonds is 7. The minimum atomic E-state index is 0.376. The van der Waals surface area contributed by atoms with E-state index in [1.165, 1.54) is 5.56 Å².